The van der Waals surface area contributed by atoms with Crippen LogP contribution in [0.5, 0.6) is 5.75 Å². The molecule has 0 bridgehead atoms. The molecule has 0 N–H and O–H groups in total. The van der Waals surface area contributed by atoms with Crippen LogP contribution in [0.3, 0.4) is 0 Å². The number of ether oxygens (including phenoxy) is 2. The predicted molar refractivity (Wildman–Crippen MR) is 102 cm³/mol. The van der Waals surface area contributed by atoms with Gasteiger partial charge in [-0.05, 0) is 30.3 Å². The van der Waals surface area contributed by atoms with Gasteiger partial charge in [0.05, 0.1) is 29.4 Å². The number of thiazole rings is 1. The Labute approximate surface area is 159 Å². The highest BCUT2D eigenvalue weighted by atomic mass is 32.1. The molecule has 1 aromatic heterocycles. The Morgan fingerprint density at radius 2 is 2.00 bits per heavy atom. The van der Waals surface area contributed by atoms with E-state index in [2.05, 4.69) is 10.9 Å². The molecule has 0 aliphatic heterocycles. The first kappa shape index (κ1) is 18.4. The van der Waals surface area contributed by atoms with Crippen LogP contribution in [-0.2, 0) is 16.1 Å². The van der Waals surface area contributed by atoms with E-state index in [-0.39, 0.29) is 13.2 Å². The summed E-state index contributed by atoms with van der Waals surface area (Å²) in [5, 5.41) is 0. The van der Waals surface area contributed by atoms with Crippen molar-refractivity contribution in [1.29, 1.82) is 0 Å². The molecule has 0 spiro atoms. The zero-order valence-corrected chi connectivity index (χ0v) is 15.4. The van der Waals surface area contributed by atoms with Crippen molar-refractivity contribution in [2.24, 2.45) is 4.99 Å². The van der Waals surface area contributed by atoms with Gasteiger partial charge in [-0.2, -0.15) is 4.99 Å². The monoisotopic (exact) mass is 380 g/mol. The molecule has 0 aliphatic carbocycles. The van der Waals surface area contributed by atoms with Gasteiger partial charge >= 0.3 is 5.97 Å². The number of esters is 1. The maximum Gasteiger partial charge on any atom is 0.337 e. The fourth-order valence-electron chi connectivity index (χ4n) is 2.45. The van der Waals surface area contributed by atoms with Crippen LogP contribution in [-0.4, -0.2) is 30.2 Å². The van der Waals surface area contributed by atoms with E-state index in [4.69, 9.17) is 15.9 Å². The van der Waals surface area contributed by atoms with Gasteiger partial charge in [0, 0.05) is 0 Å². The molecule has 0 aliphatic rings. The van der Waals surface area contributed by atoms with Crippen molar-refractivity contribution in [3.63, 3.8) is 0 Å². The van der Waals surface area contributed by atoms with Gasteiger partial charge in [-0.15, -0.1) is 6.42 Å². The van der Waals surface area contributed by atoms with Gasteiger partial charge in [-0.3, -0.25) is 4.79 Å². The largest absolute Gasteiger partial charge is 0.484 e. The molecule has 3 rings (SSSR count). The van der Waals surface area contributed by atoms with Crippen molar-refractivity contribution in [3.05, 3.63) is 58.9 Å². The number of amides is 1. The van der Waals surface area contributed by atoms with E-state index < -0.39 is 11.9 Å². The number of terminal acetylenes is 1. The third-order valence-electron chi connectivity index (χ3n) is 3.68. The van der Waals surface area contributed by atoms with Crippen molar-refractivity contribution < 1.29 is 19.1 Å². The molecule has 0 unspecified atom stereocenters. The van der Waals surface area contributed by atoms with Crippen LogP contribution in [0.25, 0.3) is 10.2 Å². The zero-order valence-electron chi connectivity index (χ0n) is 14.5. The molecule has 0 fully saturated rings. The molecule has 136 valence electrons. The first-order valence-electron chi connectivity index (χ1n) is 8.03. The normalized spacial score (nSPS) is 11.2. The van der Waals surface area contributed by atoms with Crippen molar-refractivity contribution in [2.45, 2.75) is 6.54 Å². The van der Waals surface area contributed by atoms with Crippen LogP contribution in [0.4, 0.5) is 0 Å². The molecule has 6 nitrogen and oxygen atoms in total. The lowest BCUT2D eigenvalue weighted by atomic mass is 10.2. The number of carbonyl (C=O) groups is 2. The molecule has 0 saturated heterocycles. The van der Waals surface area contributed by atoms with E-state index in [9.17, 15) is 9.59 Å². The van der Waals surface area contributed by atoms with Crippen LogP contribution < -0.4 is 9.54 Å². The van der Waals surface area contributed by atoms with Crippen molar-refractivity contribution in [2.75, 3.05) is 13.7 Å². The first-order valence-corrected chi connectivity index (χ1v) is 8.84. The number of benzene rings is 2. The molecule has 3 aromatic rings. The lowest BCUT2D eigenvalue weighted by Crippen LogP contribution is -2.19. The van der Waals surface area contributed by atoms with Crippen molar-refractivity contribution in [3.8, 4) is 18.1 Å². The van der Waals surface area contributed by atoms with E-state index in [1.54, 1.807) is 34.9 Å². The standard InChI is InChI=1S/C20H16N2O4S/c1-3-11-22-16-10-9-14(19(24)25-2)12-17(16)27-20(22)21-18(23)13-26-15-7-5-4-6-8-15/h1,4-10,12H,11,13H2,2H3. The van der Waals surface area contributed by atoms with Crippen molar-refractivity contribution in [1.82, 2.24) is 4.57 Å². The molecular weight excluding hydrogens is 364 g/mol. The second-order valence-electron chi connectivity index (χ2n) is 5.46. The number of methoxy groups -OCH3 is 1. The van der Waals surface area contributed by atoms with Crippen LogP contribution in [0.2, 0.25) is 0 Å². The number of aromatic nitrogens is 1. The third kappa shape index (κ3) is 4.25. The quantitative estimate of drug-likeness (QED) is 0.504. The Hall–Kier alpha value is -3.37. The second-order valence-corrected chi connectivity index (χ2v) is 6.47. The predicted octanol–water partition coefficient (Wildman–Crippen LogP) is 2.63. The minimum Gasteiger partial charge on any atom is -0.484 e. The average molecular weight is 380 g/mol. The summed E-state index contributed by atoms with van der Waals surface area (Å²) in [6.45, 7) is 0.0744. The third-order valence-corrected chi connectivity index (χ3v) is 4.72. The Balaban J connectivity index is 1.92. The summed E-state index contributed by atoms with van der Waals surface area (Å²) >= 11 is 1.27. The first-order chi connectivity index (χ1) is 13.1. The Morgan fingerprint density at radius 3 is 2.70 bits per heavy atom. The van der Waals surface area contributed by atoms with Gasteiger partial charge in [-0.25, -0.2) is 4.79 Å². The van der Waals surface area contributed by atoms with E-state index in [1.165, 1.54) is 18.4 Å². The van der Waals surface area contributed by atoms with Crippen LogP contribution in [0.1, 0.15) is 10.4 Å². The van der Waals surface area contributed by atoms with Gasteiger partial charge in [0.2, 0.25) is 0 Å². The Kier molecular flexibility index (Phi) is 5.69. The summed E-state index contributed by atoms with van der Waals surface area (Å²) in [4.78, 5) is 28.5. The highest BCUT2D eigenvalue weighted by Gasteiger charge is 2.12. The highest BCUT2D eigenvalue weighted by molar-refractivity contribution is 7.16. The molecule has 27 heavy (non-hydrogen) atoms. The van der Waals surface area contributed by atoms with Gasteiger partial charge in [0.25, 0.3) is 5.91 Å². The summed E-state index contributed by atoms with van der Waals surface area (Å²) in [6.07, 6.45) is 5.45. The summed E-state index contributed by atoms with van der Waals surface area (Å²) in [5.74, 6) is 2.29. The lowest BCUT2D eigenvalue weighted by molar-refractivity contribution is -0.120. The minimum atomic E-state index is -0.431. The molecule has 0 atom stereocenters. The molecule has 1 heterocycles. The summed E-state index contributed by atoms with van der Waals surface area (Å²) < 4.78 is 12.7. The van der Waals surface area contributed by atoms with Crippen LogP contribution in [0.15, 0.2) is 53.5 Å². The van der Waals surface area contributed by atoms with Gasteiger partial charge < -0.3 is 14.0 Å². The number of hydrogen-bond acceptors (Lipinski definition) is 5. The molecule has 0 radical (unpaired) electrons. The highest BCUT2D eigenvalue weighted by Crippen LogP contribution is 2.20. The molecule has 7 heteroatoms. The Bertz CT molecular complexity index is 1090. The smallest absolute Gasteiger partial charge is 0.337 e. The van der Waals surface area contributed by atoms with E-state index in [1.807, 2.05) is 18.2 Å². The number of carbonyl (C=O) groups excluding carboxylic acids is 2. The topological polar surface area (TPSA) is 69.9 Å². The van der Waals surface area contributed by atoms with Gasteiger partial charge in [0.15, 0.2) is 11.4 Å². The minimum absolute atomic E-state index is 0.179. The maximum atomic E-state index is 12.2. The summed E-state index contributed by atoms with van der Waals surface area (Å²) in [6, 6.07) is 14.1. The van der Waals surface area contributed by atoms with Gasteiger partial charge in [0.1, 0.15) is 5.75 Å². The number of hydrogen-bond donors (Lipinski definition) is 0. The van der Waals surface area contributed by atoms with E-state index >= 15 is 0 Å². The SMILES string of the molecule is C#CCn1c(=NC(=O)COc2ccccc2)sc2cc(C(=O)OC)ccc21. The number of nitrogens with zero attached hydrogens (tertiary/aromatic N) is 2. The number of para-hydroxylation sites is 1. The average Bonchev–Trinajstić information content (AvgIpc) is 3.03. The maximum absolute atomic E-state index is 12.2. The fraction of sp³-hybridized carbons (Fsp3) is 0.150. The fourth-order valence-corrected chi connectivity index (χ4v) is 3.53. The van der Waals surface area contributed by atoms with Crippen molar-refractivity contribution >= 4 is 33.4 Å². The molecule has 2 aromatic carbocycles. The van der Waals surface area contributed by atoms with E-state index in [0.717, 1.165) is 10.2 Å². The summed E-state index contributed by atoms with van der Waals surface area (Å²) in [5.41, 5.74) is 1.21. The van der Waals surface area contributed by atoms with Crippen LogP contribution in [0, 0.1) is 12.3 Å². The van der Waals surface area contributed by atoms with Crippen LogP contribution >= 0.6 is 11.3 Å². The molecule has 0 saturated carbocycles. The summed E-state index contributed by atoms with van der Waals surface area (Å²) in [7, 11) is 1.33. The molecule has 1 amide bonds. The number of fused-ring (bicyclic) bond motifs is 1. The Morgan fingerprint density at radius 1 is 1.22 bits per heavy atom. The van der Waals surface area contributed by atoms with Gasteiger partial charge in [-0.1, -0.05) is 35.5 Å². The molecular formula is C20H16N2O4S. The van der Waals surface area contributed by atoms with E-state index in [0.29, 0.717) is 16.1 Å². The zero-order chi connectivity index (χ0) is 19.2. The second kappa shape index (κ2) is 8.34. The number of rotatable bonds is 5. The lowest BCUT2D eigenvalue weighted by Gasteiger charge is -2.03.